The van der Waals surface area contributed by atoms with Crippen molar-refractivity contribution in [2.45, 2.75) is 0 Å². The fraction of sp³-hybridized carbons (Fsp3) is 0.294. The van der Waals surface area contributed by atoms with Crippen molar-refractivity contribution in [2.24, 2.45) is 0 Å². The second-order valence-electron chi connectivity index (χ2n) is 5.15. The van der Waals surface area contributed by atoms with E-state index in [1.165, 1.54) is 0 Å². The molecule has 9 heteroatoms. The van der Waals surface area contributed by atoms with Crippen LogP contribution in [0.1, 0.15) is 10.6 Å². The van der Waals surface area contributed by atoms with Gasteiger partial charge in [-0.3, -0.25) is 4.79 Å². The molecule has 0 aliphatic rings. The van der Waals surface area contributed by atoms with Crippen LogP contribution in [0.4, 0.5) is 0 Å². The summed E-state index contributed by atoms with van der Waals surface area (Å²) in [5, 5.41) is 6.75. The number of benzene rings is 1. The molecule has 0 atom stereocenters. The van der Waals surface area contributed by atoms with E-state index in [0.717, 1.165) is 21.8 Å². The molecular weight excluding hydrogens is 397 g/mol. The first kappa shape index (κ1) is 22.4. The van der Waals surface area contributed by atoms with Gasteiger partial charge in [0.1, 0.15) is 0 Å². The van der Waals surface area contributed by atoms with Gasteiger partial charge < -0.3 is 19.8 Å². The molecule has 6 nitrogen and oxygen atoms in total. The summed E-state index contributed by atoms with van der Waals surface area (Å²) in [6.07, 6.45) is 0. The summed E-state index contributed by atoms with van der Waals surface area (Å²) >= 11 is 1.55. The van der Waals surface area contributed by atoms with Gasteiger partial charge in [-0.25, -0.2) is 4.98 Å². The van der Waals surface area contributed by atoms with Crippen LogP contribution in [0.3, 0.4) is 0 Å². The van der Waals surface area contributed by atoms with Crippen LogP contribution in [0.15, 0.2) is 40.8 Å². The molecule has 2 N–H and O–H groups in total. The topological polar surface area (TPSA) is 76.4 Å². The second kappa shape index (κ2) is 11.2. The number of aromatic nitrogens is 1. The Morgan fingerprint density at radius 1 is 1.15 bits per heavy atom. The first-order valence-electron chi connectivity index (χ1n) is 7.71. The van der Waals surface area contributed by atoms with Crippen molar-refractivity contribution in [3.05, 3.63) is 42.2 Å². The minimum Gasteiger partial charge on any atom is -0.448 e. The second-order valence-corrected chi connectivity index (χ2v) is 6.18. The maximum atomic E-state index is 12.1. The minimum absolute atomic E-state index is 0. The lowest BCUT2D eigenvalue weighted by Gasteiger charge is -2.04. The standard InChI is InChI=1S/C17H19N3O3S.2ClH/c1-22-11-10-18-8-9-19-16(21)13-6-7-14(23-13)17-20-12-4-2-3-5-15(12)24-17;;/h2-7,18H,8-11H2,1H3,(H,19,21);2*1H. The molecule has 2 heterocycles. The third kappa shape index (κ3) is 5.69. The molecule has 1 amide bonds. The molecule has 3 aromatic rings. The van der Waals surface area contributed by atoms with E-state index in [-0.39, 0.29) is 30.7 Å². The lowest BCUT2D eigenvalue weighted by molar-refractivity contribution is 0.0927. The number of carbonyl (C=O) groups is 1. The first-order chi connectivity index (χ1) is 11.8. The average molecular weight is 418 g/mol. The Balaban J connectivity index is 0.00000169. The molecule has 0 aliphatic heterocycles. The van der Waals surface area contributed by atoms with E-state index in [1.807, 2.05) is 24.3 Å². The highest BCUT2D eigenvalue weighted by Crippen LogP contribution is 2.30. The molecule has 0 aliphatic carbocycles. The monoisotopic (exact) mass is 417 g/mol. The van der Waals surface area contributed by atoms with Crippen LogP contribution in [-0.2, 0) is 4.74 Å². The van der Waals surface area contributed by atoms with Gasteiger partial charge in [-0.2, -0.15) is 0 Å². The molecule has 0 fully saturated rings. The van der Waals surface area contributed by atoms with E-state index in [1.54, 1.807) is 30.6 Å². The van der Waals surface area contributed by atoms with Gasteiger partial charge in [0.05, 0.1) is 16.8 Å². The van der Waals surface area contributed by atoms with Crippen molar-refractivity contribution in [2.75, 3.05) is 33.4 Å². The van der Waals surface area contributed by atoms with Crippen LogP contribution < -0.4 is 10.6 Å². The third-order valence-corrected chi connectivity index (χ3v) is 4.46. The quantitative estimate of drug-likeness (QED) is 0.549. The van der Waals surface area contributed by atoms with Crippen molar-refractivity contribution < 1.29 is 13.9 Å². The van der Waals surface area contributed by atoms with Crippen LogP contribution in [-0.4, -0.2) is 44.2 Å². The van der Waals surface area contributed by atoms with E-state index in [2.05, 4.69) is 15.6 Å². The Hall–Kier alpha value is -1.64. The van der Waals surface area contributed by atoms with Gasteiger partial charge in [-0.15, -0.1) is 36.2 Å². The Bertz CT molecular complexity index is 789. The van der Waals surface area contributed by atoms with Gasteiger partial charge in [0.25, 0.3) is 5.91 Å². The summed E-state index contributed by atoms with van der Waals surface area (Å²) in [5.74, 6) is 0.677. The third-order valence-electron chi connectivity index (χ3n) is 3.40. The predicted octanol–water partition coefficient (Wildman–Crippen LogP) is 3.37. The summed E-state index contributed by atoms with van der Waals surface area (Å²) < 4.78 is 11.7. The number of rotatable bonds is 8. The summed E-state index contributed by atoms with van der Waals surface area (Å²) in [6, 6.07) is 11.4. The van der Waals surface area contributed by atoms with Crippen molar-refractivity contribution in [3.63, 3.8) is 0 Å². The van der Waals surface area contributed by atoms with Gasteiger partial charge >= 0.3 is 0 Å². The predicted molar refractivity (Wildman–Crippen MR) is 109 cm³/mol. The summed E-state index contributed by atoms with van der Waals surface area (Å²) in [7, 11) is 1.66. The largest absolute Gasteiger partial charge is 0.448 e. The van der Waals surface area contributed by atoms with E-state index in [4.69, 9.17) is 9.15 Å². The van der Waals surface area contributed by atoms with E-state index >= 15 is 0 Å². The normalized spacial score (nSPS) is 10.2. The minimum atomic E-state index is -0.226. The molecule has 142 valence electrons. The van der Waals surface area contributed by atoms with Gasteiger partial charge in [-0.05, 0) is 24.3 Å². The highest BCUT2D eigenvalue weighted by molar-refractivity contribution is 7.21. The SMILES string of the molecule is COCCNCCNC(=O)c1ccc(-c2nc3ccccc3s2)o1.Cl.Cl. The number of nitrogens with zero attached hydrogens (tertiary/aromatic N) is 1. The van der Waals surface area contributed by atoms with Crippen molar-refractivity contribution >= 4 is 52.3 Å². The molecule has 0 saturated carbocycles. The van der Waals surface area contributed by atoms with Gasteiger partial charge in [0.2, 0.25) is 0 Å². The number of fused-ring (bicyclic) bond motifs is 1. The van der Waals surface area contributed by atoms with Crippen LogP contribution in [0, 0.1) is 0 Å². The van der Waals surface area contributed by atoms with Crippen LogP contribution in [0.5, 0.6) is 0 Å². The highest BCUT2D eigenvalue weighted by atomic mass is 35.5. The lowest BCUT2D eigenvalue weighted by Crippen LogP contribution is -2.32. The first-order valence-corrected chi connectivity index (χ1v) is 8.53. The number of carbonyl (C=O) groups excluding carboxylic acids is 1. The number of hydrogen-bond donors (Lipinski definition) is 2. The summed E-state index contributed by atoms with van der Waals surface area (Å²) in [6.45, 7) is 2.62. The van der Waals surface area contributed by atoms with Gasteiger partial charge in [0.15, 0.2) is 16.5 Å². The summed E-state index contributed by atoms with van der Waals surface area (Å²) in [4.78, 5) is 16.6. The number of halogens is 2. The van der Waals surface area contributed by atoms with Crippen LogP contribution in [0.25, 0.3) is 21.0 Å². The number of furan rings is 1. The maximum Gasteiger partial charge on any atom is 0.287 e. The molecule has 2 aromatic heterocycles. The molecule has 26 heavy (non-hydrogen) atoms. The number of methoxy groups -OCH3 is 1. The van der Waals surface area contributed by atoms with Crippen molar-refractivity contribution in [3.8, 4) is 10.8 Å². The molecule has 0 radical (unpaired) electrons. The zero-order valence-corrected chi connectivity index (χ0v) is 16.6. The van der Waals surface area contributed by atoms with E-state index < -0.39 is 0 Å². The molecule has 0 unspecified atom stereocenters. The molecule has 0 saturated heterocycles. The highest BCUT2D eigenvalue weighted by Gasteiger charge is 2.14. The molecule has 3 rings (SSSR count). The molecular formula is C17H21Cl2N3O3S. The zero-order valence-electron chi connectivity index (χ0n) is 14.2. The number of thiazole rings is 1. The average Bonchev–Trinajstić information content (AvgIpc) is 3.24. The number of ether oxygens (including phenoxy) is 1. The summed E-state index contributed by atoms with van der Waals surface area (Å²) in [5.41, 5.74) is 0.932. The van der Waals surface area contributed by atoms with Crippen LogP contribution >= 0.6 is 36.2 Å². The lowest BCUT2D eigenvalue weighted by atomic mass is 10.3. The Morgan fingerprint density at radius 2 is 1.96 bits per heavy atom. The fourth-order valence-electron chi connectivity index (χ4n) is 2.20. The molecule has 1 aromatic carbocycles. The number of hydrogen-bond acceptors (Lipinski definition) is 6. The van der Waals surface area contributed by atoms with Gasteiger partial charge in [0, 0.05) is 26.7 Å². The smallest absolute Gasteiger partial charge is 0.287 e. The number of nitrogens with one attached hydrogen (secondary N) is 2. The molecule has 0 spiro atoms. The Labute approximate surface area is 168 Å². The van der Waals surface area contributed by atoms with Crippen molar-refractivity contribution in [1.82, 2.24) is 15.6 Å². The zero-order chi connectivity index (χ0) is 16.8. The maximum absolute atomic E-state index is 12.1. The fourth-order valence-corrected chi connectivity index (χ4v) is 3.13. The van der Waals surface area contributed by atoms with E-state index in [9.17, 15) is 4.79 Å². The Kier molecular flexibility index (Phi) is 9.61. The molecule has 0 bridgehead atoms. The van der Waals surface area contributed by atoms with Gasteiger partial charge in [-0.1, -0.05) is 12.1 Å². The number of amides is 1. The van der Waals surface area contributed by atoms with Crippen LogP contribution in [0.2, 0.25) is 0 Å². The number of para-hydroxylation sites is 1. The Morgan fingerprint density at radius 3 is 2.73 bits per heavy atom. The van der Waals surface area contributed by atoms with E-state index in [0.29, 0.717) is 31.2 Å². The van der Waals surface area contributed by atoms with Crippen molar-refractivity contribution in [1.29, 1.82) is 0 Å².